The largest absolute Gasteiger partial charge is 0.384 e. The van der Waals surface area contributed by atoms with Gasteiger partial charge in [-0.3, -0.25) is 9.69 Å². The summed E-state index contributed by atoms with van der Waals surface area (Å²) in [6.45, 7) is 8.35. The number of Topliss-reactive ketones (excluding diaryl/α,β-unsaturated/α-hetero) is 1. The number of ketones is 1. The molecule has 0 radical (unpaired) electrons. The summed E-state index contributed by atoms with van der Waals surface area (Å²) in [6.07, 6.45) is 1.10. The van der Waals surface area contributed by atoms with Crippen molar-refractivity contribution in [1.82, 2.24) is 0 Å². The molecule has 0 saturated heterocycles. The molecule has 3 aromatic carbocycles. The van der Waals surface area contributed by atoms with Crippen molar-refractivity contribution < 1.29 is 4.79 Å². The Morgan fingerprint density at radius 1 is 1.07 bits per heavy atom. The minimum Gasteiger partial charge on any atom is -0.384 e. The first-order valence-corrected chi connectivity index (χ1v) is 16.1. The lowest BCUT2D eigenvalue weighted by Gasteiger charge is -2.44. The quantitative estimate of drug-likeness (QED) is 0.211. The van der Waals surface area contributed by atoms with Crippen LogP contribution >= 0.6 is 57.6 Å². The van der Waals surface area contributed by atoms with Gasteiger partial charge in [0.05, 0.1) is 22.6 Å². The molecule has 1 atom stereocenters. The number of aryl methyl sites for hydroxylation is 2. The second-order valence-corrected chi connectivity index (χ2v) is 14.6. The van der Waals surface area contributed by atoms with Gasteiger partial charge in [-0.2, -0.15) is 5.26 Å². The Morgan fingerprint density at radius 3 is 2.46 bits per heavy atom. The lowest BCUT2D eigenvalue weighted by molar-refractivity contribution is -0.118. The molecule has 2 N–H and O–H groups in total. The highest BCUT2D eigenvalue weighted by atomic mass is 127. The number of nitrogens with two attached hydrogens (primary N) is 1. The van der Waals surface area contributed by atoms with E-state index in [1.165, 1.54) is 0 Å². The van der Waals surface area contributed by atoms with Crippen LogP contribution in [0.4, 0.5) is 5.69 Å². The van der Waals surface area contributed by atoms with Crippen LogP contribution in [-0.4, -0.2) is 5.78 Å². The highest BCUT2D eigenvalue weighted by Gasteiger charge is 2.45. The number of nitrogens with zero attached hydrogens (tertiary/aromatic N) is 2. The molecular weight excluding hydrogens is 684 g/mol. The molecule has 4 nitrogen and oxygen atoms in total. The van der Waals surface area contributed by atoms with Gasteiger partial charge in [-0.05, 0) is 113 Å². The lowest BCUT2D eigenvalue weighted by atomic mass is 9.68. The van der Waals surface area contributed by atoms with Crippen molar-refractivity contribution in [2.75, 3.05) is 4.90 Å². The normalized spacial score (nSPS) is 18.4. The van der Waals surface area contributed by atoms with Crippen molar-refractivity contribution in [2.24, 2.45) is 11.1 Å². The van der Waals surface area contributed by atoms with Gasteiger partial charge in [0.2, 0.25) is 0 Å². The van der Waals surface area contributed by atoms with E-state index in [2.05, 4.69) is 61.6 Å². The molecule has 0 spiro atoms. The van der Waals surface area contributed by atoms with Crippen molar-refractivity contribution in [1.29, 1.82) is 5.26 Å². The number of nitriles is 1. The van der Waals surface area contributed by atoms with Gasteiger partial charge in [0, 0.05) is 42.6 Å². The van der Waals surface area contributed by atoms with Gasteiger partial charge in [0.1, 0.15) is 5.82 Å². The van der Waals surface area contributed by atoms with Crippen LogP contribution in [0.1, 0.15) is 54.9 Å². The van der Waals surface area contributed by atoms with E-state index in [0.717, 1.165) is 42.1 Å². The number of thioether (sulfide) groups is 1. The molecule has 5 rings (SSSR count). The van der Waals surface area contributed by atoms with Crippen LogP contribution < -0.4 is 10.6 Å². The highest BCUT2D eigenvalue weighted by molar-refractivity contribution is 14.1. The maximum absolute atomic E-state index is 14.0. The molecule has 1 unspecified atom stereocenters. The first-order valence-electron chi connectivity index (χ1n) is 13.3. The van der Waals surface area contributed by atoms with Crippen molar-refractivity contribution in [3.8, 4) is 6.07 Å². The third-order valence-corrected chi connectivity index (χ3v) is 10.3. The number of carbonyl (C=O) groups excluding carboxylic acids is 1. The monoisotopic (exact) mass is 713 g/mol. The van der Waals surface area contributed by atoms with E-state index in [9.17, 15) is 10.1 Å². The summed E-state index contributed by atoms with van der Waals surface area (Å²) >= 11 is 16.5. The Labute approximate surface area is 269 Å². The van der Waals surface area contributed by atoms with Crippen LogP contribution in [0.3, 0.4) is 0 Å². The van der Waals surface area contributed by atoms with Crippen molar-refractivity contribution in [2.45, 2.75) is 57.1 Å². The average Bonchev–Trinajstić information content (AvgIpc) is 2.89. The van der Waals surface area contributed by atoms with E-state index in [-0.39, 0.29) is 11.2 Å². The fourth-order valence-electron chi connectivity index (χ4n) is 5.83. The summed E-state index contributed by atoms with van der Waals surface area (Å²) in [4.78, 5) is 16.8. The number of rotatable bonds is 5. The fourth-order valence-corrected chi connectivity index (χ4v) is 7.75. The van der Waals surface area contributed by atoms with E-state index >= 15 is 0 Å². The van der Waals surface area contributed by atoms with E-state index < -0.39 is 5.92 Å². The Kier molecular flexibility index (Phi) is 8.56. The second kappa shape index (κ2) is 11.7. The summed E-state index contributed by atoms with van der Waals surface area (Å²) in [5.74, 6) is 0.579. The fraction of sp³-hybridized carbons (Fsp3) is 0.273. The second-order valence-electron chi connectivity index (χ2n) is 11.5. The number of halogens is 3. The third-order valence-electron chi connectivity index (χ3n) is 7.78. The van der Waals surface area contributed by atoms with Gasteiger partial charge in [-0.15, -0.1) is 11.8 Å². The topological polar surface area (TPSA) is 70.1 Å². The molecule has 210 valence electrons. The Bertz CT molecular complexity index is 1670. The molecule has 8 heteroatoms. The van der Waals surface area contributed by atoms with E-state index in [1.807, 2.05) is 42.2 Å². The Hall–Kier alpha value is -2.44. The summed E-state index contributed by atoms with van der Waals surface area (Å²) in [5.41, 5.74) is 13.6. The summed E-state index contributed by atoms with van der Waals surface area (Å²) in [7, 11) is 0. The molecule has 0 aromatic heterocycles. The van der Waals surface area contributed by atoms with Crippen molar-refractivity contribution in [3.63, 3.8) is 0 Å². The third kappa shape index (κ3) is 5.92. The Morgan fingerprint density at radius 2 is 1.78 bits per heavy atom. The van der Waals surface area contributed by atoms with Gasteiger partial charge >= 0.3 is 0 Å². The van der Waals surface area contributed by atoms with Crippen LogP contribution in [-0.2, 0) is 10.5 Å². The summed E-state index contributed by atoms with van der Waals surface area (Å²) in [5, 5.41) is 11.8. The zero-order valence-electron chi connectivity index (χ0n) is 23.3. The van der Waals surface area contributed by atoms with E-state index in [4.69, 9.17) is 28.9 Å². The van der Waals surface area contributed by atoms with E-state index in [1.54, 1.807) is 23.9 Å². The molecule has 0 bridgehead atoms. The number of hydrogen-bond donors (Lipinski definition) is 1. The summed E-state index contributed by atoms with van der Waals surface area (Å²) < 4.78 is 1.10. The zero-order valence-corrected chi connectivity index (χ0v) is 27.8. The first kappa shape index (κ1) is 30.0. The standard InChI is InChI=1S/C33H30Cl2IN3OS/c1-18-11-19(2)24(12-20(18)17-41-29-13-21(34)5-10-26(29)35)30-25(16-37)32(38)39(23-8-6-22(36)7-9-23)27-14-33(3,4)15-28(40)31(27)30/h5-13,30H,14-15,17,38H2,1-4H3. The molecule has 0 amide bonds. The molecule has 1 aliphatic carbocycles. The van der Waals surface area contributed by atoms with Crippen molar-refractivity contribution >= 4 is 69.0 Å². The lowest BCUT2D eigenvalue weighted by Crippen LogP contribution is -2.42. The number of anilines is 1. The average molecular weight is 714 g/mol. The minimum absolute atomic E-state index is 0.0682. The minimum atomic E-state index is -0.530. The SMILES string of the molecule is Cc1cc(C)c(C2C(C#N)=C(N)N(c3ccc(I)cc3)C3=C2C(=O)CC(C)(C)C3)cc1CSc1cc(Cl)ccc1Cl. The predicted molar refractivity (Wildman–Crippen MR) is 178 cm³/mol. The van der Waals surface area contributed by atoms with Gasteiger partial charge < -0.3 is 5.73 Å². The molecule has 3 aromatic rings. The maximum Gasteiger partial charge on any atom is 0.162 e. The predicted octanol–water partition coefficient (Wildman–Crippen LogP) is 9.45. The molecular formula is C33H30Cl2IN3OS. The molecule has 0 fully saturated rings. The van der Waals surface area contributed by atoms with Crippen LogP contribution in [0.15, 0.2) is 82.2 Å². The van der Waals surface area contributed by atoms with Crippen LogP contribution in [0.2, 0.25) is 10.0 Å². The molecule has 0 saturated carbocycles. The number of carbonyl (C=O) groups is 1. The number of benzene rings is 3. The van der Waals surface area contributed by atoms with Gasteiger partial charge in [-0.1, -0.05) is 49.2 Å². The highest BCUT2D eigenvalue weighted by Crippen LogP contribution is 2.51. The first-order chi connectivity index (χ1) is 19.4. The van der Waals surface area contributed by atoms with Crippen LogP contribution in [0, 0.1) is 34.2 Å². The Balaban J connectivity index is 1.66. The molecule has 41 heavy (non-hydrogen) atoms. The zero-order chi connectivity index (χ0) is 29.6. The van der Waals surface area contributed by atoms with Gasteiger partial charge in [0.15, 0.2) is 5.78 Å². The van der Waals surface area contributed by atoms with Gasteiger partial charge in [-0.25, -0.2) is 0 Å². The number of hydrogen-bond acceptors (Lipinski definition) is 5. The smallest absolute Gasteiger partial charge is 0.162 e. The van der Waals surface area contributed by atoms with Crippen molar-refractivity contribution in [3.05, 3.63) is 113 Å². The molecule has 1 aliphatic heterocycles. The van der Waals surface area contributed by atoms with E-state index in [0.29, 0.717) is 45.6 Å². The number of allylic oxidation sites excluding steroid dienone is 3. The molecule has 1 heterocycles. The summed E-state index contributed by atoms with van der Waals surface area (Å²) in [6, 6.07) is 20.2. The molecule has 2 aliphatic rings. The van der Waals surface area contributed by atoms with Crippen LogP contribution in [0.25, 0.3) is 0 Å². The van der Waals surface area contributed by atoms with Crippen LogP contribution in [0.5, 0.6) is 0 Å². The van der Waals surface area contributed by atoms with Gasteiger partial charge in [0.25, 0.3) is 0 Å². The maximum atomic E-state index is 14.0.